The first-order chi connectivity index (χ1) is 27.1. The van der Waals surface area contributed by atoms with Crippen molar-refractivity contribution >= 4 is 57.6 Å². The maximum absolute atomic E-state index is 13.5. The van der Waals surface area contributed by atoms with Gasteiger partial charge in [0, 0.05) is 33.8 Å². The Bertz CT molecular complexity index is 1890. The number of rotatable bonds is 16. The number of hydrogen-bond acceptors (Lipinski definition) is 14. The minimum Gasteiger partial charge on any atom is -0.457 e. The molecule has 5 rings (SSSR count). The molecule has 14 heteroatoms. The van der Waals surface area contributed by atoms with E-state index in [2.05, 4.69) is 13.2 Å². The van der Waals surface area contributed by atoms with E-state index < -0.39 is 35.7 Å². The van der Waals surface area contributed by atoms with Crippen molar-refractivity contribution in [1.82, 2.24) is 0 Å². The fraction of sp³-hybridized carbons (Fsp3) is 0.190. The first-order valence-corrected chi connectivity index (χ1v) is 18.9. The third-order valence-electron chi connectivity index (χ3n) is 8.24. The van der Waals surface area contributed by atoms with Crippen LogP contribution in [0.2, 0.25) is 0 Å². The molecule has 0 aliphatic heterocycles. The molecule has 1 saturated carbocycles. The molecule has 0 bridgehead atoms. The smallest absolute Gasteiger partial charge is 0.343 e. The second-order valence-corrected chi connectivity index (χ2v) is 14.1. The summed E-state index contributed by atoms with van der Waals surface area (Å²) in [6.07, 6.45) is 4.94. The zero-order chi connectivity index (χ0) is 39.9. The normalized spacial score (nSPS) is 14.6. The predicted octanol–water partition coefficient (Wildman–Crippen LogP) is 8.00. The Hall–Kier alpha value is -6.12. The Kier molecular flexibility index (Phi) is 15.0. The lowest BCUT2D eigenvalue weighted by atomic mass is 9.81. The quantitative estimate of drug-likeness (QED) is 0.0353. The van der Waals surface area contributed by atoms with Crippen LogP contribution in [0.25, 0.3) is 0 Å². The van der Waals surface area contributed by atoms with Gasteiger partial charge in [-0.2, -0.15) is 0 Å². The standard InChI is InChI=1S/C42H36O12S2/c1-3-37(43)51-25-49-29-13-9-27(10-14-29)39(45)53-31-17-21-33(22-18-31)55-41(47)35-7-5-6-8-36(35)42(48)56-34-23-19-32(20-24-34)54-40(46)28-11-15-30(16-12-28)50-26-52-38(44)4-2/h3-4,9-24,35-36H,1-2,5-8,25-26H2/t35-,36-/m0/s1. The highest BCUT2D eigenvalue weighted by molar-refractivity contribution is 8.14. The van der Waals surface area contributed by atoms with Gasteiger partial charge in [-0.05, 0) is 110 Å². The summed E-state index contributed by atoms with van der Waals surface area (Å²) in [5.41, 5.74) is 0.551. The van der Waals surface area contributed by atoms with Gasteiger partial charge in [0.25, 0.3) is 0 Å². The third-order valence-corrected chi connectivity index (χ3v) is 10.3. The van der Waals surface area contributed by atoms with Crippen molar-refractivity contribution in [1.29, 1.82) is 0 Å². The SMILES string of the molecule is C=CC(=O)OCOc1ccc(C(=O)Oc2ccc(SC(=O)[C@H]3CCCC[C@@H]3C(=O)Sc3ccc(OC(=O)c4ccc(OCOC(=O)C=C)cc4)cc3)cc2)cc1. The van der Waals surface area contributed by atoms with Gasteiger partial charge in [0.15, 0.2) is 10.2 Å². The van der Waals surface area contributed by atoms with Gasteiger partial charge in [0.05, 0.1) is 11.1 Å². The van der Waals surface area contributed by atoms with Gasteiger partial charge >= 0.3 is 23.9 Å². The first-order valence-electron chi connectivity index (χ1n) is 17.2. The molecule has 1 aliphatic rings. The summed E-state index contributed by atoms with van der Waals surface area (Å²) in [7, 11) is 0. The van der Waals surface area contributed by atoms with Crippen LogP contribution in [0.4, 0.5) is 0 Å². The van der Waals surface area contributed by atoms with E-state index in [9.17, 15) is 28.8 Å². The largest absolute Gasteiger partial charge is 0.457 e. The van der Waals surface area contributed by atoms with Crippen LogP contribution in [0.1, 0.15) is 46.4 Å². The van der Waals surface area contributed by atoms with Gasteiger partial charge in [-0.3, -0.25) is 9.59 Å². The molecule has 0 N–H and O–H groups in total. The number of hydrogen-bond donors (Lipinski definition) is 0. The van der Waals surface area contributed by atoms with Crippen molar-refractivity contribution in [3.05, 3.63) is 133 Å². The summed E-state index contributed by atoms with van der Waals surface area (Å²) in [6, 6.07) is 25.3. The molecule has 0 spiro atoms. The van der Waals surface area contributed by atoms with Gasteiger partial charge in [-0.1, -0.05) is 49.5 Å². The van der Waals surface area contributed by atoms with Crippen LogP contribution in [-0.2, 0) is 28.7 Å². The van der Waals surface area contributed by atoms with Crippen LogP contribution < -0.4 is 18.9 Å². The monoisotopic (exact) mass is 796 g/mol. The van der Waals surface area contributed by atoms with Crippen LogP contribution in [-0.4, -0.2) is 47.7 Å². The third kappa shape index (κ3) is 12.2. The molecule has 1 aliphatic carbocycles. The first kappa shape index (κ1) is 41.1. The van der Waals surface area contributed by atoms with Gasteiger partial charge in [0.2, 0.25) is 13.6 Å². The molecule has 1 fully saturated rings. The molecule has 0 saturated heterocycles. The van der Waals surface area contributed by atoms with Gasteiger partial charge in [-0.15, -0.1) is 0 Å². The highest BCUT2D eigenvalue weighted by Crippen LogP contribution is 2.40. The molecule has 4 aromatic rings. The van der Waals surface area contributed by atoms with Crippen LogP contribution in [0.5, 0.6) is 23.0 Å². The maximum Gasteiger partial charge on any atom is 0.343 e. The highest BCUT2D eigenvalue weighted by atomic mass is 32.2. The fourth-order valence-corrected chi connectivity index (χ4v) is 7.24. The molecule has 288 valence electrons. The minimum absolute atomic E-state index is 0.104. The van der Waals surface area contributed by atoms with E-state index in [0.29, 0.717) is 34.1 Å². The number of esters is 4. The molecule has 56 heavy (non-hydrogen) atoms. The number of thioether (sulfide) groups is 2. The summed E-state index contributed by atoms with van der Waals surface area (Å²) >= 11 is 2.11. The second kappa shape index (κ2) is 20.5. The molecule has 12 nitrogen and oxygen atoms in total. The van der Waals surface area contributed by atoms with E-state index in [1.165, 1.54) is 24.3 Å². The van der Waals surface area contributed by atoms with Crippen molar-refractivity contribution in [2.24, 2.45) is 11.8 Å². The van der Waals surface area contributed by atoms with Crippen LogP contribution in [0, 0.1) is 11.8 Å². The van der Waals surface area contributed by atoms with Gasteiger partial charge in [0.1, 0.15) is 23.0 Å². The number of carbonyl (C=O) groups is 6. The minimum atomic E-state index is -0.617. The zero-order valence-corrected chi connectivity index (χ0v) is 31.6. The lowest BCUT2D eigenvalue weighted by molar-refractivity contribution is -0.145. The Morgan fingerprint density at radius 2 is 0.857 bits per heavy atom. The van der Waals surface area contributed by atoms with Gasteiger partial charge < -0.3 is 28.4 Å². The molecule has 2 atom stereocenters. The molecule has 0 aromatic heterocycles. The topological polar surface area (TPSA) is 158 Å². The lowest BCUT2D eigenvalue weighted by Crippen LogP contribution is -2.30. The van der Waals surface area contributed by atoms with E-state index in [1.807, 2.05) is 0 Å². The summed E-state index contributed by atoms with van der Waals surface area (Å²) < 4.78 is 31.1. The van der Waals surface area contributed by atoms with Crippen molar-refractivity contribution in [2.75, 3.05) is 13.6 Å². The Morgan fingerprint density at radius 1 is 0.518 bits per heavy atom. The molecular formula is C42H36O12S2. The number of benzene rings is 4. The van der Waals surface area contributed by atoms with Crippen molar-refractivity contribution < 1.29 is 57.2 Å². The van der Waals surface area contributed by atoms with Crippen LogP contribution in [0.3, 0.4) is 0 Å². The molecule has 0 radical (unpaired) electrons. The Morgan fingerprint density at radius 3 is 1.20 bits per heavy atom. The Labute approximate surface area is 331 Å². The lowest BCUT2D eigenvalue weighted by Gasteiger charge is -2.28. The summed E-state index contributed by atoms with van der Waals surface area (Å²) in [6.45, 7) is 6.01. The molecular weight excluding hydrogens is 761 g/mol. The summed E-state index contributed by atoms with van der Waals surface area (Å²) in [4.78, 5) is 75.8. The second-order valence-electron chi connectivity index (χ2n) is 12.0. The van der Waals surface area contributed by atoms with E-state index in [1.54, 1.807) is 72.8 Å². The number of carbonyl (C=O) groups excluding carboxylic acids is 6. The molecule has 0 heterocycles. The maximum atomic E-state index is 13.5. The average Bonchev–Trinajstić information content (AvgIpc) is 3.22. The van der Waals surface area contributed by atoms with E-state index in [-0.39, 0.29) is 46.4 Å². The fourth-order valence-electron chi connectivity index (χ4n) is 5.37. The highest BCUT2D eigenvalue weighted by Gasteiger charge is 2.36. The molecule has 0 amide bonds. The van der Waals surface area contributed by atoms with Crippen molar-refractivity contribution in [2.45, 2.75) is 35.5 Å². The van der Waals surface area contributed by atoms with Crippen molar-refractivity contribution in [3.8, 4) is 23.0 Å². The van der Waals surface area contributed by atoms with Crippen LogP contribution >= 0.6 is 23.5 Å². The summed E-state index contributed by atoms with van der Waals surface area (Å²) in [5.74, 6) is -1.97. The van der Waals surface area contributed by atoms with Crippen LogP contribution in [0.15, 0.2) is 132 Å². The Balaban J connectivity index is 1.08. The predicted molar refractivity (Wildman–Crippen MR) is 206 cm³/mol. The molecule has 4 aromatic carbocycles. The average molecular weight is 797 g/mol. The summed E-state index contributed by atoms with van der Waals surface area (Å²) in [5, 5.41) is -0.208. The van der Waals surface area contributed by atoms with E-state index >= 15 is 0 Å². The van der Waals surface area contributed by atoms with E-state index in [0.717, 1.165) is 48.5 Å². The molecule has 0 unspecified atom stereocenters. The van der Waals surface area contributed by atoms with E-state index in [4.69, 9.17) is 28.4 Å². The zero-order valence-electron chi connectivity index (χ0n) is 29.9. The van der Waals surface area contributed by atoms with Gasteiger partial charge in [-0.25, -0.2) is 19.2 Å². The number of ether oxygens (including phenoxy) is 6. The van der Waals surface area contributed by atoms with Crippen molar-refractivity contribution in [3.63, 3.8) is 0 Å².